The van der Waals surface area contributed by atoms with E-state index < -0.39 is 0 Å². The first-order chi connectivity index (χ1) is 6.28. The van der Waals surface area contributed by atoms with Crippen LogP contribution in [0, 0.1) is 5.92 Å². The minimum atomic E-state index is -0.0110. The second-order valence-corrected chi connectivity index (χ2v) is 3.58. The average Bonchev–Trinajstić information content (AvgIpc) is 2.14. The molecule has 0 rings (SSSR count). The van der Waals surface area contributed by atoms with Gasteiger partial charge in [0.2, 0.25) is 0 Å². The van der Waals surface area contributed by atoms with Gasteiger partial charge in [-0.15, -0.1) is 0 Å². The standard InChI is InChI=1S/C11H24O2/c1-5-7-10(8-6-2)9-11(12-3)13-4/h10-11H,5-9H2,1-4H3. The van der Waals surface area contributed by atoms with Crippen molar-refractivity contribution in [3.05, 3.63) is 0 Å². The Morgan fingerprint density at radius 2 is 1.38 bits per heavy atom. The highest BCUT2D eigenvalue weighted by Gasteiger charge is 2.13. The van der Waals surface area contributed by atoms with Crippen LogP contribution in [0.15, 0.2) is 0 Å². The van der Waals surface area contributed by atoms with Crippen LogP contribution >= 0.6 is 0 Å². The van der Waals surface area contributed by atoms with Crippen LogP contribution in [0.3, 0.4) is 0 Å². The van der Waals surface area contributed by atoms with Crippen LogP contribution in [0.25, 0.3) is 0 Å². The third-order valence-electron chi connectivity index (χ3n) is 2.45. The topological polar surface area (TPSA) is 18.5 Å². The van der Waals surface area contributed by atoms with Crippen molar-refractivity contribution in [3.63, 3.8) is 0 Å². The van der Waals surface area contributed by atoms with Gasteiger partial charge in [0.05, 0.1) is 0 Å². The first kappa shape index (κ1) is 12.9. The number of hydrogen-bond acceptors (Lipinski definition) is 2. The van der Waals surface area contributed by atoms with Crippen LogP contribution in [-0.4, -0.2) is 20.5 Å². The molecule has 0 amide bonds. The van der Waals surface area contributed by atoms with Crippen LogP contribution in [0.4, 0.5) is 0 Å². The smallest absolute Gasteiger partial charge is 0.157 e. The van der Waals surface area contributed by atoms with Crippen LogP contribution < -0.4 is 0 Å². The van der Waals surface area contributed by atoms with Gasteiger partial charge in [-0.2, -0.15) is 0 Å². The van der Waals surface area contributed by atoms with Gasteiger partial charge >= 0.3 is 0 Å². The van der Waals surface area contributed by atoms with Gasteiger partial charge in [-0.05, 0) is 5.92 Å². The number of rotatable bonds is 8. The highest BCUT2D eigenvalue weighted by Crippen LogP contribution is 2.20. The Bertz CT molecular complexity index is 94.3. The van der Waals surface area contributed by atoms with Gasteiger partial charge in [-0.3, -0.25) is 0 Å². The lowest BCUT2D eigenvalue weighted by Gasteiger charge is -2.20. The molecule has 2 heteroatoms. The van der Waals surface area contributed by atoms with Gasteiger partial charge in [0.25, 0.3) is 0 Å². The van der Waals surface area contributed by atoms with Gasteiger partial charge in [0.15, 0.2) is 6.29 Å². The van der Waals surface area contributed by atoms with Crippen LogP contribution in [0.5, 0.6) is 0 Å². The lowest BCUT2D eigenvalue weighted by molar-refractivity contribution is -0.115. The summed E-state index contributed by atoms with van der Waals surface area (Å²) in [7, 11) is 3.42. The Hall–Kier alpha value is -0.0800. The second-order valence-electron chi connectivity index (χ2n) is 3.58. The van der Waals surface area contributed by atoms with Crippen molar-refractivity contribution in [2.24, 2.45) is 5.92 Å². The molecule has 0 radical (unpaired) electrons. The third-order valence-corrected chi connectivity index (χ3v) is 2.45. The van der Waals surface area contributed by atoms with Crippen molar-refractivity contribution >= 4 is 0 Å². The van der Waals surface area contributed by atoms with Gasteiger partial charge in [0, 0.05) is 20.6 Å². The summed E-state index contributed by atoms with van der Waals surface area (Å²) >= 11 is 0. The third kappa shape index (κ3) is 6.05. The summed E-state index contributed by atoms with van der Waals surface area (Å²) in [5.74, 6) is 0.764. The SMILES string of the molecule is CCCC(CCC)CC(OC)OC. The van der Waals surface area contributed by atoms with E-state index in [0.29, 0.717) is 0 Å². The molecule has 13 heavy (non-hydrogen) atoms. The minimum Gasteiger partial charge on any atom is -0.356 e. The van der Waals surface area contributed by atoms with Crippen LogP contribution in [0.1, 0.15) is 46.0 Å². The quantitative estimate of drug-likeness (QED) is 0.544. The highest BCUT2D eigenvalue weighted by molar-refractivity contribution is 4.60. The Kier molecular flexibility index (Phi) is 8.46. The Morgan fingerprint density at radius 1 is 0.923 bits per heavy atom. The molecule has 0 spiro atoms. The maximum Gasteiger partial charge on any atom is 0.157 e. The molecule has 0 saturated carbocycles. The van der Waals surface area contributed by atoms with E-state index in [0.717, 1.165) is 12.3 Å². The lowest BCUT2D eigenvalue weighted by atomic mass is 9.94. The van der Waals surface area contributed by atoms with Crippen molar-refractivity contribution in [1.82, 2.24) is 0 Å². The van der Waals surface area contributed by atoms with Gasteiger partial charge < -0.3 is 9.47 Å². The molecule has 0 aromatic rings. The summed E-state index contributed by atoms with van der Waals surface area (Å²) in [6.45, 7) is 4.47. The van der Waals surface area contributed by atoms with E-state index in [1.807, 2.05) is 0 Å². The van der Waals surface area contributed by atoms with Crippen molar-refractivity contribution in [3.8, 4) is 0 Å². The molecule has 0 fully saturated rings. The fourth-order valence-corrected chi connectivity index (χ4v) is 1.76. The molecule has 0 aliphatic heterocycles. The molecule has 0 aliphatic carbocycles. The summed E-state index contributed by atoms with van der Waals surface area (Å²) < 4.78 is 10.4. The Labute approximate surface area is 82.6 Å². The van der Waals surface area contributed by atoms with Crippen molar-refractivity contribution in [2.75, 3.05) is 14.2 Å². The van der Waals surface area contributed by atoms with E-state index in [4.69, 9.17) is 9.47 Å². The maximum absolute atomic E-state index is 5.20. The maximum atomic E-state index is 5.20. The average molecular weight is 188 g/mol. The van der Waals surface area contributed by atoms with Crippen molar-refractivity contribution in [1.29, 1.82) is 0 Å². The predicted molar refractivity (Wildman–Crippen MR) is 55.7 cm³/mol. The largest absolute Gasteiger partial charge is 0.356 e. The molecule has 0 unspecified atom stereocenters. The van der Waals surface area contributed by atoms with Crippen LogP contribution in [-0.2, 0) is 9.47 Å². The molecule has 0 heterocycles. The second kappa shape index (κ2) is 8.52. The highest BCUT2D eigenvalue weighted by atomic mass is 16.7. The van der Waals surface area contributed by atoms with E-state index >= 15 is 0 Å². The molecule has 0 saturated heterocycles. The predicted octanol–water partition coefficient (Wildman–Crippen LogP) is 3.21. The van der Waals surface area contributed by atoms with E-state index in [-0.39, 0.29) is 6.29 Å². The van der Waals surface area contributed by atoms with Gasteiger partial charge in [-0.1, -0.05) is 39.5 Å². The number of hydrogen-bond donors (Lipinski definition) is 0. The molecular weight excluding hydrogens is 164 g/mol. The molecule has 2 nitrogen and oxygen atoms in total. The zero-order valence-corrected chi connectivity index (χ0v) is 9.51. The van der Waals surface area contributed by atoms with E-state index in [1.165, 1.54) is 25.7 Å². The molecule has 0 aromatic carbocycles. The monoisotopic (exact) mass is 188 g/mol. The molecule has 80 valence electrons. The summed E-state index contributed by atoms with van der Waals surface area (Å²) in [4.78, 5) is 0. The normalized spacial score (nSPS) is 11.5. The first-order valence-corrected chi connectivity index (χ1v) is 5.34. The van der Waals surface area contributed by atoms with E-state index in [9.17, 15) is 0 Å². The fourth-order valence-electron chi connectivity index (χ4n) is 1.76. The molecule has 0 atom stereocenters. The van der Waals surface area contributed by atoms with E-state index in [1.54, 1.807) is 14.2 Å². The molecular formula is C11H24O2. The summed E-state index contributed by atoms with van der Waals surface area (Å²) in [6, 6.07) is 0. The summed E-state index contributed by atoms with van der Waals surface area (Å²) in [5.41, 5.74) is 0. The van der Waals surface area contributed by atoms with Gasteiger partial charge in [-0.25, -0.2) is 0 Å². The summed E-state index contributed by atoms with van der Waals surface area (Å²) in [5, 5.41) is 0. The van der Waals surface area contributed by atoms with E-state index in [2.05, 4.69) is 13.8 Å². The Balaban J connectivity index is 3.76. The zero-order valence-electron chi connectivity index (χ0n) is 9.51. The minimum absolute atomic E-state index is 0.0110. The van der Waals surface area contributed by atoms with Gasteiger partial charge in [0.1, 0.15) is 0 Å². The number of methoxy groups -OCH3 is 2. The molecule has 0 bridgehead atoms. The molecule has 0 aromatic heterocycles. The number of ether oxygens (including phenoxy) is 2. The molecule has 0 N–H and O–H groups in total. The van der Waals surface area contributed by atoms with Crippen molar-refractivity contribution < 1.29 is 9.47 Å². The van der Waals surface area contributed by atoms with Crippen LogP contribution in [0.2, 0.25) is 0 Å². The van der Waals surface area contributed by atoms with Crippen molar-refractivity contribution in [2.45, 2.75) is 52.2 Å². The Morgan fingerprint density at radius 3 is 1.69 bits per heavy atom. The lowest BCUT2D eigenvalue weighted by Crippen LogP contribution is -2.18. The first-order valence-electron chi connectivity index (χ1n) is 5.34. The fraction of sp³-hybridized carbons (Fsp3) is 1.00. The zero-order chi connectivity index (χ0) is 10.1. The summed E-state index contributed by atoms with van der Waals surface area (Å²) in [6.07, 6.45) is 6.11. The molecule has 0 aliphatic rings.